The maximum absolute atomic E-state index is 13.6. The topological polar surface area (TPSA) is 105 Å². The molecule has 0 aliphatic heterocycles. The van der Waals surface area contributed by atoms with Crippen molar-refractivity contribution in [1.82, 2.24) is 9.66 Å². The molecule has 0 fully saturated rings. The molecular formula is C29H23Br2N3O6. The molecule has 0 aliphatic carbocycles. The van der Waals surface area contributed by atoms with Crippen LogP contribution in [0.25, 0.3) is 33.5 Å². The lowest BCUT2D eigenvalue weighted by Gasteiger charge is -2.19. The van der Waals surface area contributed by atoms with Crippen LogP contribution in [-0.2, 0) is 9.53 Å². The van der Waals surface area contributed by atoms with E-state index in [-0.39, 0.29) is 11.4 Å². The molecule has 9 nitrogen and oxygen atoms in total. The number of para-hydroxylation sites is 2. The summed E-state index contributed by atoms with van der Waals surface area (Å²) >= 11 is 7.10. The lowest BCUT2D eigenvalue weighted by atomic mass is 10.2. The molecule has 5 aromatic rings. The third-order valence-electron chi connectivity index (χ3n) is 6.00. The number of nitrogens with zero attached hydrogens (tertiary/aromatic N) is 3. The van der Waals surface area contributed by atoms with Gasteiger partial charge in [-0.05, 0) is 76.0 Å². The first-order chi connectivity index (χ1) is 19.3. The Kier molecular flexibility index (Phi) is 8.04. The normalized spacial score (nSPS) is 12.2. The van der Waals surface area contributed by atoms with Gasteiger partial charge in [0.1, 0.15) is 5.58 Å². The van der Waals surface area contributed by atoms with E-state index < -0.39 is 12.1 Å². The summed E-state index contributed by atoms with van der Waals surface area (Å²) in [7, 11) is 1.29. The van der Waals surface area contributed by atoms with E-state index in [0.717, 1.165) is 5.39 Å². The Hall–Kier alpha value is -3.96. The van der Waals surface area contributed by atoms with Crippen molar-refractivity contribution in [2.45, 2.75) is 20.0 Å². The van der Waals surface area contributed by atoms with Gasteiger partial charge in [-0.15, -0.1) is 0 Å². The van der Waals surface area contributed by atoms with Gasteiger partial charge in [-0.25, -0.2) is 9.78 Å². The monoisotopic (exact) mass is 667 g/mol. The van der Waals surface area contributed by atoms with Crippen LogP contribution in [0.2, 0.25) is 0 Å². The molecule has 0 bridgehead atoms. The number of furan rings is 1. The van der Waals surface area contributed by atoms with Gasteiger partial charge in [0.25, 0.3) is 5.56 Å². The second kappa shape index (κ2) is 11.6. The van der Waals surface area contributed by atoms with Crippen molar-refractivity contribution in [1.29, 1.82) is 0 Å². The van der Waals surface area contributed by atoms with Gasteiger partial charge in [0.15, 0.2) is 23.4 Å². The average molecular weight is 669 g/mol. The molecule has 5 rings (SSSR count). The summed E-state index contributed by atoms with van der Waals surface area (Å²) < 4.78 is 24.7. The van der Waals surface area contributed by atoms with Gasteiger partial charge in [-0.2, -0.15) is 9.78 Å². The molecule has 1 atom stereocenters. The molecule has 3 aromatic carbocycles. The van der Waals surface area contributed by atoms with E-state index in [2.05, 4.69) is 37.0 Å². The van der Waals surface area contributed by atoms with Crippen molar-refractivity contribution < 1.29 is 23.4 Å². The second-order valence-corrected chi connectivity index (χ2v) is 10.2. The first-order valence-corrected chi connectivity index (χ1v) is 13.8. The standard InChI is InChI=1S/C29H23Br2N3O6/c1-4-38-22-14-18(24(30)25(31)26(22)39-16(2)29(36)37-3)15-32-34-27(23-13-17-9-5-8-12-21(17)40-23)33-20-11-7-6-10-19(20)28(34)35/h5-16H,4H2,1-3H3/t16-/m0/s1. The van der Waals surface area contributed by atoms with Crippen LogP contribution in [0.15, 0.2) is 83.9 Å². The van der Waals surface area contributed by atoms with Crippen LogP contribution in [0.3, 0.4) is 0 Å². The Balaban J connectivity index is 1.64. The number of carbonyl (C=O) groups is 1. The zero-order chi connectivity index (χ0) is 28.4. The van der Waals surface area contributed by atoms with Crippen molar-refractivity contribution >= 4 is 65.9 Å². The number of carbonyl (C=O) groups excluding carboxylic acids is 1. The number of hydrogen-bond acceptors (Lipinski definition) is 8. The highest BCUT2D eigenvalue weighted by Gasteiger charge is 2.23. The second-order valence-electron chi connectivity index (χ2n) is 8.60. The van der Waals surface area contributed by atoms with Gasteiger partial charge >= 0.3 is 5.97 Å². The van der Waals surface area contributed by atoms with E-state index in [1.54, 1.807) is 31.2 Å². The number of halogens is 2. The number of aromatic nitrogens is 2. The SMILES string of the molecule is CCOc1cc(C=Nn2c(-c3cc4ccccc4o3)nc3ccccc3c2=O)c(Br)c(Br)c1O[C@@H](C)C(=O)OC. The maximum Gasteiger partial charge on any atom is 0.346 e. The van der Waals surface area contributed by atoms with Gasteiger partial charge < -0.3 is 18.6 Å². The molecule has 0 saturated heterocycles. The maximum atomic E-state index is 13.6. The molecule has 11 heteroatoms. The van der Waals surface area contributed by atoms with Crippen LogP contribution < -0.4 is 15.0 Å². The van der Waals surface area contributed by atoms with E-state index in [1.807, 2.05) is 43.3 Å². The zero-order valence-corrected chi connectivity index (χ0v) is 24.9. The number of hydrogen-bond donors (Lipinski definition) is 0. The van der Waals surface area contributed by atoms with Crippen LogP contribution >= 0.6 is 31.9 Å². The molecule has 0 aliphatic rings. The molecule has 0 N–H and O–H groups in total. The van der Waals surface area contributed by atoms with Crippen molar-refractivity contribution in [2.24, 2.45) is 5.10 Å². The number of benzene rings is 3. The van der Waals surface area contributed by atoms with Crippen molar-refractivity contribution in [2.75, 3.05) is 13.7 Å². The van der Waals surface area contributed by atoms with Crippen molar-refractivity contribution in [3.63, 3.8) is 0 Å². The summed E-state index contributed by atoms with van der Waals surface area (Å²) in [6.07, 6.45) is 0.634. The van der Waals surface area contributed by atoms with Gasteiger partial charge in [-0.1, -0.05) is 30.3 Å². The van der Waals surface area contributed by atoms with E-state index >= 15 is 0 Å². The molecule has 0 radical (unpaired) electrons. The Morgan fingerprint density at radius 3 is 2.62 bits per heavy atom. The van der Waals surface area contributed by atoms with Gasteiger partial charge in [0.2, 0.25) is 5.82 Å². The third-order valence-corrected chi connectivity index (χ3v) is 8.14. The van der Waals surface area contributed by atoms with Gasteiger partial charge in [0.05, 0.1) is 35.3 Å². The molecule has 204 valence electrons. The summed E-state index contributed by atoms with van der Waals surface area (Å²) in [4.78, 5) is 30.3. The molecule has 2 heterocycles. The molecule has 0 saturated carbocycles. The van der Waals surface area contributed by atoms with Crippen LogP contribution in [0.1, 0.15) is 19.4 Å². The fraction of sp³-hybridized carbons (Fsp3) is 0.172. The van der Waals surface area contributed by atoms with Crippen LogP contribution in [-0.4, -0.2) is 41.7 Å². The van der Waals surface area contributed by atoms with Crippen molar-refractivity contribution in [3.8, 4) is 23.1 Å². The number of esters is 1. The number of fused-ring (bicyclic) bond motifs is 2. The van der Waals surface area contributed by atoms with Crippen LogP contribution in [0.4, 0.5) is 0 Å². The van der Waals surface area contributed by atoms with Crippen LogP contribution in [0.5, 0.6) is 11.5 Å². The highest BCUT2D eigenvalue weighted by molar-refractivity contribution is 9.13. The Bertz CT molecular complexity index is 1800. The third kappa shape index (κ3) is 5.26. The Morgan fingerprint density at radius 1 is 1.12 bits per heavy atom. The predicted octanol–water partition coefficient (Wildman–Crippen LogP) is 6.56. The van der Waals surface area contributed by atoms with E-state index in [9.17, 15) is 9.59 Å². The summed E-state index contributed by atoms with van der Waals surface area (Å²) in [6, 6.07) is 18.1. The fourth-order valence-electron chi connectivity index (χ4n) is 4.06. The largest absolute Gasteiger partial charge is 0.490 e. The van der Waals surface area contributed by atoms with E-state index in [4.69, 9.17) is 23.6 Å². The number of ether oxygens (including phenoxy) is 3. The summed E-state index contributed by atoms with van der Waals surface area (Å²) in [5.74, 6) is 0.810. The van der Waals surface area contributed by atoms with E-state index in [1.165, 1.54) is 18.0 Å². The molecular weight excluding hydrogens is 646 g/mol. The molecule has 0 spiro atoms. The molecule has 0 unspecified atom stereocenters. The van der Waals surface area contributed by atoms with Gasteiger partial charge in [-0.3, -0.25) is 4.79 Å². The summed E-state index contributed by atoms with van der Waals surface area (Å²) in [6.45, 7) is 3.75. The summed E-state index contributed by atoms with van der Waals surface area (Å²) in [5, 5.41) is 5.83. The van der Waals surface area contributed by atoms with Gasteiger partial charge in [0, 0.05) is 15.4 Å². The minimum atomic E-state index is -0.874. The molecule has 40 heavy (non-hydrogen) atoms. The Morgan fingerprint density at radius 2 is 1.88 bits per heavy atom. The lowest BCUT2D eigenvalue weighted by molar-refractivity contribution is -0.148. The minimum Gasteiger partial charge on any atom is -0.490 e. The number of methoxy groups -OCH3 is 1. The first-order valence-electron chi connectivity index (χ1n) is 12.3. The Labute approximate surface area is 245 Å². The summed E-state index contributed by atoms with van der Waals surface area (Å²) in [5.41, 5.74) is 1.41. The fourth-order valence-corrected chi connectivity index (χ4v) is 4.98. The number of rotatable bonds is 8. The van der Waals surface area contributed by atoms with Crippen molar-refractivity contribution in [3.05, 3.63) is 85.5 Å². The average Bonchev–Trinajstić information content (AvgIpc) is 3.40. The minimum absolute atomic E-state index is 0.253. The highest BCUT2D eigenvalue weighted by Crippen LogP contribution is 2.43. The predicted molar refractivity (Wildman–Crippen MR) is 159 cm³/mol. The first kappa shape index (κ1) is 27.6. The smallest absolute Gasteiger partial charge is 0.346 e. The zero-order valence-electron chi connectivity index (χ0n) is 21.7. The lowest BCUT2D eigenvalue weighted by Crippen LogP contribution is -2.25. The van der Waals surface area contributed by atoms with E-state index in [0.29, 0.717) is 54.9 Å². The highest BCUT2D eigenvalue weighted by atomic mass is 79.9. The molecule has 0 amide bonds. The van der Waals surface area contributed by atoms with Crippen LogP contribution in [0, 0.1) is 0 Å². The molecule has 2 aromatic heterocycles. The quantitative estimate of drug-likeness (QED) is 0.136.